The number of aryl methyl sites for hydroxylation is 2. The van der Waals surface area contributed by atoms with E-state index in [0.29, 0.717) is 0 Å². The molecule has 0 fully saturated rings. The number of rotatable bonds is 2. The second-order valence-electron chi connectivity index (χ2n) is 8.93. The van der Waals surface area contributed by atoms with Gasteiger partial charge in [-0.15, -0.1) is 0 Å². The van der Waals surface area contributed by atoms with E-state index < -0.39 is 0 Å². The fourth-order valence-corrected chi connectivity index (χ4v) is 5.25. The minimum absolute atomic E-state index is 0.912. The predicted octanol–water partition coefficient (Wildman–Crippen LogP) is 7.28. The van der Waals surface area contributed by atoms with Gasteiger partial charge in [-0.1, -0.05) is 84.9 Å². The van der Waals surface area contributed by atoms with Crippen LogP contribution in [0.4, 0.5) is 0 Å². The maximum atomic E-state index is 6.81. The summed E-state index contributed by atoms with van der Waals surface area (Å²) >= 11 is 0. The van der Waals surface area contributed by atoms with Crippen molar-refractivity contribution >= 4 is 43.5 Å². The summed E-state index contributed by atoms with van der Waals surface area (Å²) in [7, 11) is 2.06. The lowest BCUT2D eigenvalue weighted by molar-refractivity contribution is -0.587. The fraction of sp³-hybridized carbons (Fsp3) is 0.0645. The summed E-state index contributed by atoms with van der Waals surface area (Å²) in [5, 5.41) is 7.07. The molecule has 0 atom stereocenters. The van der Waals surface area contributed by atoms with Gasteiger partial charge in [0.1, 0.15) is 11.2 Å². The van der Waals surface area contributed by atoms with Gasteiger partial charge in [-0.2, -0.15) is 0 Å². The molecule has 2 aromatic heterocycles. The van der Waals surface area contributed by atoms with Crippen molar-refractivity contribution < 1.29 is 8.98 Å². The zero-order valence-corrected chi connectivity index (χ0v) is 19.0. The molecule has 0 saturated carbocycles. The van der Waals surface area contributed by atoms with Crippen LogP contribution in [0.3, 0.4) is 0 Å². The molecule has 3 nitrogen and oxygen atoms in total. The molecule has 0 amide bonds. The molecule has 34 heavy (non-hydrogen) atoms. The van der Waals surface area contributed by atoms with Crippen molar-refractivity contribution in [1.82, 2.24) is 4.57 Å². The molecular weight excluding hydrogens is 416 g/mol. The van der Waals surface area contributed by atoms with Crippen LogP contribution in [-0.4, -0.2) is 4.57 Å². The largest absolute Gasteiger partial charge is 0.456 e. The molecule has 0 aliphatic carbocycles. The average molecular weight is 439 g/mol. The third kappa shape index (κ3) is 2.61. The lowest BCUT2D eigenvalue weighted by atomic mass is 9.98. The summed E-state index contributed by atoms with van der Waals surface area (Å²) in [5.41, 5.74) is 5.19. The topological polar surface area (TPSA) is 21.9 Å². The number of furan rings is 1. The molecule has 7 aromatic rings. The first kappa shape index (κ1) is 19.1. The van der Waals surface area contributed by atoms with E-state index in [0.717, 1.165) is 39.0 Å². The highest BCUT2D eigenvalue weighted by Crippen LogP contribution is 2.41. The Morgan fingerprint density at radius 1 is 0.706 bits per heavy atom. The van der Waals surface area contributed by atoms with Crippen molar-refractivity contribution in [3.05, 3.63) is 109 Å². The standard InChI is InChI=1S/C31H22N2O/c1-20-12-16-25-26-17-15-22-14-13-21-8-6-7-11-24(21)28(22)30(26)34-29(25)27(20)31-32(2)18-19-33(31)23-9-4-3-5-10-23/h3-18H,1-2H3. The molecule has 5 aromatic carbocycles. The van der Waals surface area contributed by atoms with Crippen LogP contribution in [0.5, 0.6) is 0 Å². The zero-order chi connectivity index (χ0) is 22.8. The summed E-state index contributed by atoms with van der Waals surface area (Å²) in [6, 6.07) is 32.0. The summed E-state index contributed by atoms with van der Waals surface area (Å²) in [6.07, 6.45) is 5.38. The summed E-state index contributed by atoms with van der Waals surface area (Å²) < 4.78 is 11.0. The molecule has 3 heteroatoms. The number of fused-ring (bicyclic) bond motifs is 7. The Labute approximate surface area is 197 Å². The van der Waals surface area contributed by atoms with Gasteiger partial charge in [-0.05, 0) is 34.7 Å². The van der Waals surface area contributed by atoms with Crippen LogP contribution < -0.4 is 4.57 Å². The van der Waals surface area contributed by atoms with Gasteiger partial charge in [-0.3, -0.25) is 4.57 Å². The smallest absolute Gasteiger partial charge is 0.189 e. The number of aromatic nitrogens is 2. The van der Waals surface area contributed by atoms with Crippen LogP contribution in [0.1, 0.15) is 5.56 Å². The van der Waals surface area contributed by atoms with Crippen molar-refractivity contribution in [2.24, 2.45) is 7.05 Å². The van der Waals surface area contributed by atoms with Gasteiger partial charge in [0.05, 0.1) is 25.0 Å². The van der Waals surface area contributed by atoms with Crippen LogP contribution in [0.2, 0.25) is 0 Å². The highest BCUT2D eigenvalue weighted by Gasteiger charge is 2.21. The van der Waals surface area contributed by atoms with Crippen molar-refractivity contribution in [2.45, 2.75) is 6.92 Å². The summed E-state index contributed by atoms with van der Waals surface area (Å²) in [6.45, 7) is 2.15. The number of nitrogens with zero attached hydrogens (tertiary/aromatic N) is 2. The first-order valence-electron chi connectivity index (χ1n) is 11.5. The van der Waals surface area contributed by atoms with Crippen molar-refractivity contribution in [3.8, 4) is 17.1 Å². The lowest BCUT2D eigenvalue weighted by Gasteiger charge is -2.14. The Balaban J connectivity index is 1.63. The zero-order valence-electron chi connectivity index (χ0n) is 19.0. The van der Waals surface area contributed by atoms with E-state index in [2.05, 4.69) is 114 Å². The van der Waals surface area contributed by atoms with E-state index in [1.807, 2.05) is 12.3 Å². The predicted molar refractivity (Wildman–Crippen MR) is 138 cm³/mol. The third-order valence-electron chi connectivity index (χ3n) is 6.89. The molecule has 0 unspecified atom stereocenters. The van der Waals surface area contributed by atoms with Crippen LogP contribution in [0.15, 0.2) is 102 Å². The highest BCUT2D eigenvalue weighted by molar-refractivity contribution is 6.23. The van der Waals surface area contributed by atoms with Crippen molar-refractivity contribution in [3.63, 3.8) is 0 Å². The monoisotopic (exact) mass is 438 g/mol. The molecule has 2 heterocycles. The summed E-state index contributed by atoms with van der Waals surface area (Å²) in [5.74, 6) is 1.04. The number of hydrogen-bond donors (Lipinski definition) is 0. The van der Waals surface area contributed by atoms with E-state index in [1.54, 1.807) is 0 Å². The number of para-hydroxylation sites is 1. The third-order valence-corrected chi connectivity index (χ3v) is 6.89. The molecule has 162 valence electrons. The van der Waals surface area contributed by atoms with Crippen molar-refractivity contribution in [2.75, 3.05) is 0 Å². The molecule has 0 saturated heterocycles. The number of benzene rings is 5. The number of imidazole rings is 1. The van der Waals surface area contributed by atoms with E-state index in [1.165, 1.54) is 27.1 Å². The van der Waals surface area contributed by atoms with E-state index in [-0.39, 0.29) is 0 Å². The van der Waals surface area contributed by atoms with Gasteiger partial charge < -0.3 is 8.98 Å². The fourth-order valence-electron chi connectivity index (χ4n) is 5.25. The Hall–Kier alpha value is -4.37. The highest BCUT2D eigenvalue weighted by atomic mass is 16.3. The van der Waals surface area contributed by atoms with E-state index in [4.69, 9.17) is 4.42 Å². The normalized spacial score (nSPS) is 11.8. The first-order valence-corrected chi connectivity index (χ1v) is 11.5. The van der Waals surface area contributed by atoms with Gasteiger partial charge in [0.25, 0.3) is 0 Å². The van der Waals surface area contributed by atoms with Gasteiger partial charge in [0.15, 0.2) is 5.82 Å². The second kappa shape index (κ2) is 7.06. The minimum atomic E-state index is 0.912. The minimum Gasteiger partial charge on any atom is -0.456 e. The molecule has 0 aliphatic rings. The van der Waals surface area contributed by atoms with E-state index in [9.17, 15) is 0 Å². The van der Waals surface area contributed by atoms with Crippen LogP contribution in [0, 0.1) is 13.1 Å². The lowest BCUT2D eigenvalue weighted by Crippen LogP contribution is -2.32. The molecular formula is C31H22N2O. The van der Waals surface area contributed by atoms with Crippen LogP contribution in [-0.2, 0) is 7.05 Å². The molecule has 0 aliphatic heterocycles. The maximum Gasteiger partial charge on any atom is 0.189 e. The SMILES string of the molecule is Cc1ccc2c(oc3c2ccc2ccc4ccccc4c23)c1-c1n(C)c[c-][n+]1-c1ccccc1. The Bertz CT molecular complexity index is 1870. The molecule has 7 rings (SSSR count). The molecule has 0 N–H and O–H groups in total. The van der Waals surface area contributed by atoms with Crippen LogP contribution >= 0.6 is 0 Å². The average Bonchev–Trinajstić information content (AvgIpc) is 3.44. The van der Waals surface area contributed by atoms with Gasteiger partial charge in [-0.25, -0.2) is 0 Å². The van der Waals surface area contributed by atoms with Gasteiger partial charge in [0, 0.05) is 21.8 Å². The van der Waals surface area contributed by atoms with Crippen LogP contribution in [0.25, 0.3) is 60.6 Å². The number of hydrogen-bond acceptors (Lipinski definition) is 1. The second-order valence-corrected chi connectivity index (χ2v) is 8.93. The Morgan fingerprint density at radius 2 is 1.41 bits per heavy atom. The molecule has 0 radical (unpaired) electrons. The summed E-state index contributed by atoms with van der Waals surface area (Å²) in [4.78, 5) is 0. The molecule has 0 bridgehead atoms. The quantitative estimate of drug-likeness (QED) is 0.158. The van der Waals surface area contributed by atoms with E-state index >= 15 is 0 Å². The van der Waals surface area contributed by atoms with Gasteiger partial charge >= 0.3 is 0 Å². The van der Waals surface area contributed by atoms with Crippen molar-refractivity contribution in [1.29, 1.82) is 0 Å². The first-order chi connectivity index (χ1) is 16.7. The Morgan fingerprint density at radius 3 is 2.29 bits per heavy atom. The Kier molecular flexibility index (Phi) is 3.97. The maximum absolute atomic E-state index is 6.81. The molecule has 0 spiro atoms. The van der Waals surface area contributed by atoms with Gasteiger partial charge in [0.2, 0.25) is 0 Å².